The molecule has 0 spiro atoms. The van der Waals surface area contributed by atoms with E-state index < -0.39 is 12.2 Å². The molecule has 20 heavy (non-hydrogen) atoms. The third-order valence-corrected chi connectivity index (χ3v) is 3.23. The highest BCUT2D eigenvalue weighted by molar-refractivity contribution is 7.98. The molecule has 0 bridgehead atoms. The van der Waals surface area contributed by atoms with Crippen LogP contribution in [0.3, 0.4) is 0 Å². The molecule has 0 aromatic heterocycles. The molecule has 0 N–H and O–H groups in total. The minimum atomic E-state index is -4.74. The Morgan fingerprint density at radius 2 is 1.60 bits per heavy atom. The molecule has 0 heterocycles. The minimum Gasteiger partial charge on any atom is -0.406 e. The molecule has 1 nitrogen and oxygen atoms in total. The van der Waals surface area contributed by atoms with Crippen LogP contribution in [0.2, 0.25) is 0 Å². The quantitative estimate of drug-likeness (QED) is 0.575. The first-order valence-electron chi connectivity index (χ1n) is 5.58. The Kier molecular flexibility index (Phi) is 4.23. The first kappa shape index (κ1) is 14.7. The van der Waals surface area contributed by atoms with Crippen LogP contribution in [-0.2, 0) is 0 Å². The van der Waals surface area contributed by atoms with E-state index in [1.54, 1.807) is 12.3 Å². The Hall–Kier alpha value is -1.69. The van der Waals surface area contributed by atoms with E-state index in [1.807, 2.05) is 0 Å². The average Bonchev–Trinajstić information content (AvgIpc) is 2.37. The highest BCUT2D eigenvalue weighted by Crippen LogP contribution is 2.32. The summed E-state index contributed by atoms with van der Waals surface area (Å²) in [4.78, 5) is 0.631. The van der Waals surface area contributed by atoms with E-state index in [-0.39, 0.29) is 5.75 Å². The molecule has 0 unspecified atom stereocenters. The third kappa shape index (κ3) is 3.90. The second-order valence-electron chi connectivity index (χ2n) is 3.95. The largest absolute Gasteiger partial charge is 0.573 e. The molecule has 0 aliphatic rings. The van der Waals surface area contributed by atoms with Crippen molar-refractivity contribution in [2.45, 2.75) is 11.3 Å². The molecule has 0 aliphatic carbocycles. The summed E-state index contributed by atoms with van der Waals surface area (Å²) in [6.07, 6.45) is -2.99. The molecule has 0 atom stereocenters. The van der Waals surface area contributed by atoms with Gasteiger partial charge in [-0.1, -0.05) is 12.1 Å². The van der Waals surface area contributed by atoms with Crippen molar-refractivity contribution in [3.8, 4) is 16.9 Å². The smallest absolute Gasteiger partial charge is 0.406 e. The molecule has 0 amide bonds. The highest BCUT2D eigenvalue weighted by Gasteiger charge is 2.31. The van der Waals surface area contributed by atoms with Gasteiger partial charge in [0.25, 0.3) is 0 Å². The van der Waals surface area contributed by atoms with Gasteiger partial charge in [0.15, 0.2) is 0 Å². The molecular weight excluding hydrogens is 292 g/mol. The Balaban J connectivity index is 2.42. The highest BCUT2D eigenvalue weighted by atomic mass is 32.2. The van der Waals surface area contributed by atoms with Gasteiger partial charge in [-0.25, -0.2) is 4.39 Å². The Morgan fingerprint density at radius 3 is 2.15 bits per heavy atom. The molecule has 2 aromatic rings. The van der Waals surface area contributed by atoms with Gasteiger partial charge >= 0.3 is 6.36 Å². The van der Waals surface area contributed by atoms with Crippen LogP contribution in [0.5, 0.6) is 5.75 Å². The van der Waals surface area contributed by atoms with Gasteiger partial charge in [0.05, 0.1) is 0 Å². The first-order valence-corrected chi connectivity index (χ1v) is 6.80. The van der Waals surface area contributed by atoms with Gasteiger partial charge in [0, 0.05) is 4.90 Å². The first-order chi connectivity index (χ1) is 9.37. The lowest BCUT2D eigenvalue weighted by molar-refractivity contribution is -0.274. The van der Waals surface area contributed by atoms with E-state index in [9.17, 15) is 17.6 Å². The zero-order valence-corrected chi connectivity index (χ0v) is 11.2. The summed E-state index contributed by atoms with van der Waals surface area (Å²) in [7, 11) is 0. The van der Waals surface area contributed by atoms with Crippen molar-refractivity contribution in [1.82, 2.24) is 0 Å². The third-order valence-electron chi connectivity index (χ3n) is 2.53. The zero-order valence-electron chi connectivity index (χ0n) is 10.4. The van der Waals surface area contributed by atoms with E-state index in [0.717, 1.165) is 0 Å². The standard InChI is InChI=1S/C14H10F4OS/c1-20-13-7-10(9-2-4-11(15)5-3-9)6-12(8-13)19-14(16,17)18/h2-8H,1H3. The van der Waals surface area contributed by atoms with Gasteiger partial charge in [-0.15, -0.1) is 24.9 Å². The van der Waals surface area contributed by atoms with Crippen molar-refractivity contribution >= 4 is 11.8 Å². The van der Waals surface area contributed by atoms with Crippen molar-refractivity contribution in [3.63, 3.8) is 0 Å². The number of alkyl halides is 3. The number of ether oxygens (including phenoxy) is 1. The van der Waals surface area contributed by atoms with Crippen LogP contribution in [0.4, 0.5) is 17.6 Å². The summed E-state index contributed by atoms with van der Waals surface area (Å²) >= 11 is 1.30. The van der Waals surface area contributed by atoms with Gasteiger partial charge in [0.2, 0.25) is 0 Å². The fourth-order valence-electron chi connectivity index (χ4n) is 1.69. The summed E-state index contributed by atoms with van der Waals surface area (Å²) in [5.41, 5.74) is 1.16. The van der Waals surface area contributed by atoms with Crippen LogP contribution < -0.4 is 4.74 Å². The topological polar surface area (TPSA) is 9.23 Å². The monoisotopic (exact) mass is 302 g/mol. The summed E-state index contributed by atoms with van der Waals surface area (Å²) in [6, 6.07) is 9.84. The summed E-state index contributed by atoms with van der Waals surface area (Å²) in [5, 5.41) is 0. The molecule has 0 aliphatic heterocycles. The number of halogens is 4. The van der Waals surface area contributed by atoms with Crippen LogP contribution in [0.15, 0.2) is 47.4 Å². The molecule has 0 radical (unpaired) electrons. The molecule has 2 aromatic carbocycles. The lowest BCUT2D eigenvalue weighted by Crippen LogP contribution is -2.17. The van der Waals surface area contributed by atoms with Gasteiger partial charge < -0.3 is 4.74 Å². The predicted molar refractivity (Wildman–Crippen MR) is 70.3 cm³/mol. The minimum absolute atomic E-state index is 0.288. The van der Waals surface area contributed by atoms with E-state index in [4.69, 9.17) is 0 Å². The van der Waals surface area contributed by atoms with Crippen molar-refractivity contribution < 1.29 is 22.3 Å². The molecule has 2 rings (SSSR count). The summed E-state index contributed by atoms with van der Waals surface area (Å²) in [6.45, 7) is 0. The van der Waals surface area contributed by atoms with E-state index in [0.29, 0.717) is 16.0 Å². The van der Waals surface area contributed by atoms with Crippen molar-refractivity contribution in [1.29, 1.82) is 0 Å². The fraction of sp³-hybridized carbons (Fsp3) is 0.143. The van der Waals surface area contributed by atoms with Gasteiger partial charge in [0.1, 0.15) is 11.6 Å². The second-order valence-corrected chi connectivity index (χ2v) is 4.83. The number of thioether (sulfide) groups is 1. The number of benzene rings is 2. The number of hydrogen-bond acceptors (Lipinski definition) is 2. The second kappa shape index (κ2) is 5.75. The lowest BCUT2D eigenvalue weighted by Gasteiger charge is -2.12. The van der Waals surface area contributed by atoms with Crippen LogP contribution in [0, 0.1) is 5.82 Å². The van der Waals surface area contributed by atoms with Gasteiger partial charge in [-0.05, 0) is 47.7 Å². The van der Waals surface area contributed by atoms with Crippen LogP contribution in [-0.4, -0.2) is 12.6 Å². The summed E-state index contributed by atoms with van der Waals surface area (Å²) < 4.78 is 53.7. The van der Waals surface area contributed by atoms with Crippen LogP contribution in [0.25, 0.3) is 11.1 Å². The Labute approximate surface area is 117 Å². The van der Waals surface area contributed by atoms with E-state index >= 15 is 0 Å². The van der Waals surface area contributed by atoms with E-state index in [2.05, 4.69) is 4.74 Å². The zero-order chi connectivity index (χ0) is 14.8. The Morgan fingerprint density at radius 1 is 0.950 bits per heavy atom. The summed E-state index contributed by atoms with van der Waals surface area (Å²) in [5.74, 6) is -0.690. The maximum Gasteiger partial charge on any atom is 0.573 e. The molecular formula is C14H10F4OS. The maximum absolute atomic E-state index is 12.9. The maximum atomic E-state index is 12.9. The SMILES string of the molecule is CSc1cc(OC(F)(F)F)cc(-c2ccc(F)cc2)c1. The molecule has 0 fully saturated rings. The number of hydrogen-bond donors (Lipinski definition) is 0. The van der Waals surface area contributed by atoms with Crippen LogP contribution >= 0.6 is 11.8 Å². The van der Waals surface area contributed by atoms with Crippen LogP contribution in [0.1, 0.15) is 0 Å². The molecule has 0 saturated carbocycles. The van der Waals surface area contributed by atoms with Crippen molar-refractivity contribution in [2.75, 3.05) is 6.26 Å². The lowest BCUT2D eigenvalue weighted by atomic mass is 10.1. The predicted octanol–water partition coefficient (Wildman–Crippen LogP) is 5.11. The van der Waals surface area contributed by atoms with E-state index in [1.165, 1.54) is 48.2 Å². The van der Waals surface area contributed by atoms with Crippen molar-refractivity contribution in [3.05, 3.63) is 48.3 Å². The van der Waals surface area contributed by atoms with Gasteiger partial charge in [-0.3, -0.25) is 0 Å². The normalized spacial score (nSPS) is 11.4. The fourth-order valence-corrected chi connectivity index (χ4v) is 2.17. The van der Waals surface area contributed by atoms with Gasteiger partial charge in [-0.2, -0.15) is 0 Å². The molecule has 106 valence electrons. The molecule has 0 saturated heterocycles. The number of rotatable bonds is 3. The van der Waals surface area contributed by atoms with Crippen molar-refractivity contribution in [2.24, 2.45) is 0 Å². The molecule has 6 heteroatoms. The average molecular weight is 302 g/mol. The Bertz CT molecular complexity index is 593.